The van der Waals surface area contributed by atoms with Crippen molar-refractivity contribution in [1.82, 2.24) is 34.0 Å². The van der Waals surface area contributed by atoms with Gasteiger partial charge in [-0.15, -0.1) is 5.10 Å². The van der Waals surface area contributed by atoms with E-state index in [9.17, 15) is 21.6 Å². The lowest BCUT2D eigenvalue weighted by Crippen LogP contribution is -2.42. The summed E-state index contributed by atoms with van der Waals surface area (Å²) in [6, 6.07) is 10.3. The molecule has 0 amide bonds. The molecule has 0 N–H and O–H groups in total. The van der Waals surface area contributed by atoms with Crippen LogP contribution >= 0.6 is 0 Å². The number of hydrogen-bond acceptors (Lipinski definition) is 6. The molecule has 3 unspecified atom stereocenters. The van der Waals surface area contributed by atoms with E-state index in [0.717, 1.165) is 27.7 Å². The molecule has 4 heterocycles. The maximum atomic E-state index is 13.9. The van der Waals surface area contributed by atoms with Gasteiger partial charge in [0.1, 0.15) is 5.82 Å². The summed E-state index contributed by atoms with van der Waals surface area (Å²) in [4.78, 5) is 3.33. The lowest BCUT2D eigenvalue weighted by atomic mass is 9.88. The van der Waals surface area contributed by atoms with Crippen LogP contribution in [0.4, 0.5) is 13.2 Å². The van der Waals surface area contributed by atoms with Crippen LogP contribution in [0.15, 0.2) is 53.8 Å². The SMILES string of the molecule is Cc1cc2c(cnn2-c2ccc(F)cc2)cc1C12CN(S(=O)(=O)c3cnn(C)n3)CC1C2CN1CCC(F)(F)CC1. The minimum absolute atomic E-state index is 0.0414. The first kappa shape index (κ1) is 26.6. The van der Waals surface area contributed by atoms with Crippen LogP contribution in [0.2, 0.25) is 0 Å². The third-order valence-electron chi connectivity index (χ3n) is 9.25. The van der Waals surface area contributed by atoms with Crippen molar-refractivity contribution in [3.8, 4) is 5.69 Å². The molecule has 3 aliphatic rings. The van der Waals surface area contributed by atoms with Crippen molar-refractivity contribution >= 4 is 20.9 Å². The lowest BCUT2D eigenvalue weighted by Gasteiger charge is -2.33. The second-order valence-electron chi connectivity index (χ2n) is 11.6. The number of halogens is 3. The zero-order valence-electron chi connectivity index (χ0n) is 22.7. The highest BCUT2D eigenvalue weighted by Gasteiger charge is 2.71. The first-order valence-electron chi connectivity index (χ1n) is 13.7. The Bertz CT molecular complexity index is 1740. The van der Waals surface area contributed by atoms with Crippen LogP contribution in [0.25, 0.3) is 16.6 Å². The summed E-state index contributed by atoms with van der Waals surface area (Å²) in [5, 5.41) is 13.4. The number of piperidine rings is 2. The van der Waals surface area contributed by atoms with Crippen molar-refractivity contribution in [1.29, 1.82) is 0 Å². The van der Waals surface area contributed by atoms with E-state index in [1.54, 1.807) is 30.1 Å². The molecule has 2 aromatic carbocycles. The maximum Gasteiger partial charge on any atom is 0.264 e. The summed E-state index contributed by atoms with van der Waals surface area (Å²) in [5.41, 5.74) is 3.20. The van der Waals surface area contributed by atoms with Crippen molar-refractivity contribution in [3.63, 3.8) is 0 Å². The van der Waals surface area contributed by atoms with Crippen molar-refractivity contribution < 1.29 is 21.6 Å². The summed E-state index contributed by atoms with van der Waals surface area (Å²) in [5.74, 6) is -2.78. The van der Waals surface area contributed by atoms with Gasteiger partial charge in [0, 0.05) is 63.4 Å². The number of fused-ring (bicyclic) bond motifs is 2. The fourth-order valence-corrected chi connectivity index (χ4v) is 8.46. The quantitative estimate of drug-likeness (QED) is 0.344. The van der Waals surface area contributed by atoms with Crippen molar-refractivity contribution in [2.24, 2.45) is 18.9 Å². The van der Waals surface area contributed by atoms with Crippen LogP contribution in [0.1, 0.15) is 24.0 Å². The topological polar surface area (TPSA) is 89.2 Å². The Labute approximate surface area is 235 Å². The average molecular weight is 586 g/mol. The number of aromatic nitrogens is 5. The van der Waals surface area contributed by atoms with Crippen molar-refractivity contribution in [2.75, 3.05) is 32.7 Å². The fourth-order valence-electron chi connectivity index (χ4n) is 7.05. The van der Waals surface area contributed by atoms with Crippen molar-refractivity contribution in [3.05, 3.63) is 65.7 Å². The average Bonchev–Trinajstić information content (AvgIpc) is 3.40. The van der Waals surface area contributed by atoms with E-state index in [4.69, 9.17) is 0 Å². The molecule has 3 fully saturated rings. The minimum atomic E-state index is -3.85. The molecular formula is C28H30F3N7O2S. The van der Waals surface area contributed by atoms with E-state index in [2.05, 4.69) is 26.3 Å². The molecule has 3 atom stereocenters. The molecule has 1 aliphatic carbocycles. The Morgan fingerprint density at radius 2 is 1.78 bits per heavy atom. The van der Waals surface area contributed by atoms with Gasteiger partial charge in [-0.2, -0.15) is 19.3 Å². The van der Waals surface area contributed by atoms with E-state index in [1.807, 2.05) is 13.0 Å². The van der Waals surface area contributed by atoms with Gasteiger partial charge < -0.3 is 4.90 Å². The van der Waals surface area contributed by atoms with Gasteiger partial charge in [0.25, 0.3) is 15.9 Å². The van der Waals surface area contributed by atoms with E-state index in [0.29, 0.717) is 26.2 Å². The van der Waals surface area contributed by atoms with Crippen LogP contribution in [-0.4, -0.2) is 81.0 Å². The van der Waals surface area contributed by atoms with Gasteiger partial charge >= 0.3 is 0 Å². The number of sulfonamides is 1. The number of alkyl halides is 2. The van der Waals surface area contributed by atoms with Crippen LogP contribution in [0.3, 0.4) is 0 Å². The van der Waals surface area contributed by atoms with Gasteiger partial charge in [0.15, 0.2) is 0 Å². The first-order chi connectivity index (χ1) is 19.5. The third-order valence-corrected chi connectivity index (χ3v) is 10.9. The van der Waals surface area contributed by atoms with Gasteiger partial charge in [-0.1, -0.05) is 0 Å². The molecule has 2 aliphatic heterocycles. The van der Waals surface area contributed by atoms with Gasteiger partial charge in [0.2, 0.25) is 5.03 Å². The molecule has 41 heavy (non-hydrogen) atoms. The molecular weight excluding hydrogens is 555 g/mol. The standard InChI is InChI=1S/C28H30F3N7O2S/c1-18-11-25-19(13-33-38(25)21-5-3-20(29)4-6-21)12-22(18)28-17-37(41(39,40)26-14-32-35(2)34-26)16-24(28)23(28)15-36-9-7-27(30,31)8-10-36/h3-6,11-14,23-24H,7-10,15-17H2,1-2H3. The summed E-state index contributed by atoms with van der Waals surface area (Å²) in [7, 11) is -2.28. The molecule has 13 heteroatoms. The van der Waals surface area contributed by atoms with Gasteiger partial charge in [0.05, 0.1) is 23.6 Å². The summed E-state index contributed by atoms with van der Waals surface area (Å²) in [6.45, 7) is 3.93. The monoisotopic (exact) mass is 585 g/mol. The molecule has 4 aromatic rings. The number of rotatable bonds is 6. The summed E-state index contributed by atoms with van der Waals surface area (Å²) < 4.78 is 71.5. The highest BCUT2D eigenvalue weighted by molar-refractivity contribution is 7.89. The fraction of sp³-hybridized carbons (Fsp3) is 0.464. The normalized spacial score (nSPS) is 26.5. The number of likely N-dealkylation sites (tertiary alicyclic amines) is 1. The Kier molecular flexibility index (Phi) is 5.91. The number of benzene rings is 2. The molecule has 2 aromatic heterocycles. The number of nitrogens with zero attached hydrogens (tertiary/aromatic N) is 7. The van der Waals surface area contributed by atoms with Gasteiger partial charge in [-0.25, -0.2) is 26.3 Å². The predicted octanol–water partition coefficient (Wildman–Crippen LogP) is 3.52. The van der Waals surface area contributed by atoms with Crippen LogP contribution in [-0.2, 0) is 22.5 Å². The summed E-state index contributed by atoms with van der Waals surface area (Å²) in [6.07, 6.45) is 2.72. The van der Waals surface area contributed by atoms with Crippen LogP contribution in [0.5, 0.6) is 0 Å². The lowest BCUT2D eigenvalue weighted by molar-refractivity contribution is -0.0563. The largest absolute Gasteiger partial charge is 0.303 e. The number of aryl methyl sites for hydroxylation is 2. The Balaban J connectivity index is 1.25. The maximum absolute atomic E-state index is 13.9. The highest BCUT2D eigenvalue weighted by atomic mass is 32.2. The number of hydrogen-bond donors (Lipinski definition) is 0. The molecule has 0 bridgehead atoms. The second kappa shape index (κ2) is 9.10. The molecule has 0 radical (unpaired) electrons. The van der Waals surface area contributed by atoms with E-state index in [1.165, 1.54) is 27.4 Å². The van der Waals surface area contributed by atoms with Gasteiger partial charge in [-0.3, -0.25) is 0 Å². The third kappa shape index (κ3) is 4.28. The highest BCUT2D eigenvalue weighted by Crippen LogP contribution is 2.66. The van der Waals surface area contributed by atoms with E-state index < -0.39 is 21.4 Å². The minimum Gasteiger partial charge on any atom is -0.303 e. The molecule has 1 saturated carbocycles. The van der Waals surface area contributed by atoms with Crippen molar-refractivity contribution in [2.45, 2.75) is 36.1 Å². The van der Waals surface area contributed by atoms with Crippen LogP contribution < -0.4 is 0 Å². The zero-order chi connectivity index (χ0) is 28.7. The van der Waals surface area contributed by atoms with Crippen LogP contribution in [0, 0.1) is 24.6 Å². The molecule has 7 rings (SSSR count). The van der Waals surface area contributed by atoms with E-state index in [-0.39, 0.29) is 42.1 Å². The Morgan fingerprint density at radius 3 is 2.46 bits per heavy atom. The Morgan fingerprint density at radius 1 is 1.05 bits per heavy atom. The second-order valence-corrected chi connectivity index (χ2v) is 13.5. The van der Waals surface area contributed by atoms with Gasteiger partial charge in [-0.05, 0) is 66.3 Å². The smallest absolute Gasteiger partial charge is 0.264 e. The molecule has 2 saturated heterocycles. The molecule has 9 nitrogen and oxygen atoms in total. The molecule has 0 spiro atoms. The molecule has 216 valence electrons. The van der Waals surface area contributed by atoms with E-state index >= 15 is 0 Å². The Hall–Kier alpha value is -3.29. The predicted molar refractivity (Wildman–Crippen MR) is 145 cm³/mol. The summed E-state index contributed by atoms with van der Waals surface area (Å²) >= 11 is 0. The zero-order valence-corrected chi connectivity index (χ0v) is 23.5. The first-order valence-corrected chi connectivity index (χ1v) is 15.1.